The molecule has 0 bridgehead atoms. The van der Waals surface area contributed by atoms with Gasteiger partial charge in [-0.3, -0.25) is 0 Å². The number of hydrogen-bond donors (Lipinski definition) is 1. The second kappa shape index (κ2) is 3.75. The van der Waals surface area contributed by atoms with Gasteiger partial charge in [0.05, 0.1) is 0 Å². The maximum Gasteiger partial charge on any atom is 0.0284 e. The normalized spacial score (nSPS) is 22.8. The lowest BCUT2D eigenvalue weighted by Crippen LogP contribution is -2.41. The molecule has 2 nitrogen and oxygen atoms in total. The van der Waals surface area contributed by atoms with Crippen LogP contribution in [0.25, 0.3) is 0 Å². The van der Waals surface area contributed by atoms with Gasteiger partial charge in [-0.05, 0) is 33.2 Å². The van der Waals surface area contributed by atoms with E-state index in [2.05, 4.69) is 25.8 Å². The van der Waals surface area contributed by atoms with E-state index in [1.165, 1.54) is 25.7 Å². The van der Waals surface area contributed by atoms with E-state index in [0.717, 1.165) is 6.54 Å². The van der Waals surface area contributed by atoms with E-state index in [9.17, 15) is 0 Å². The van der Waals surface area contributed by atoms with Crippen LogP contribution in [0.15, 0.2) is 0 Å². The van der Waals surface area contributed by atoms with Crippen LogP contribution in [-0.2, 0) is 0 Å². The average molecular weight is 170 g/mol. The Morgan fingerprint density at radius 2 is 2.08 bits per heavy atom. The Labute approximate surface area is 76.1 Å². The number of hydrogen-bond acceptors (Lipinski definition) is 2. The molecule has 0 saturated heterocycles. The van der Waals surface area contributed by atoms with Crippen LogP contribution in [0.2, 0.25) is 0 Å². The molecule has 0 aromatic rings. The monoisotopic (exact) mass is 170 g/mol. The number of likely N-dealkylation sites (N-methyl/N-ethyl adjacent to an activating group) is 1. The van der Waals surface area contributed by atoms with Crippen LogP contribution < -0.4 is 5.73 Å². The summed E-state index contributed by atoms with van der Waals surface area (Å²) in [6.45, 7) is 5.60. The van der Waals surface area contributed by atoms with Gasteiger partial charge in [0.25, 0.3) is 0 Å². The lowest BCUT2D eigenvalue weighted by molar-refractivity contribution is 0.225. The highest BCUT2D eigenvalue weighted by Gasteiger charge is 2.39. The van der Waals surface area contributed by atoms with Crippen molar-refractivity contribution in [2.75, 3.05) is 13.6 Å². The fraction of sp³-hybridized carbons (Fsp3) is 1.00. The van der Waals surface area contributed by atoms with E-state index in [-0.39, 0.29) is 5.54 Å². The standard InChI is InChI=1S/C10H22N2/c1-4-5-9(2)12(3)8-10(11)6-7-10/h9H,4-8,11H2,1-3H3. The summed E-state index contributed by atoms with van der Waals surface area (Å²) in [4.78, 5) is 2.40. The molecule has 1 fully saturated rings. The van der Waals surface area contributed by atoms with E-state index in [1.54, 1.807) is 0 Å². The first-order valence-electron chi connectivity index (χ1n) is 5.06. The van der Waals surface area contributed by atoms with Crippen molar-refractivity contribution in [3.8, 4) is 0 Å². The lowest BCUT2D eigenvalue weighted by Gasteiger charge is -2.27. The van der Waals surface area contributed by atoms with Crippen molar-refractivity contribution in [2.45, 2.75) is 51.1 Å². The van der Waals surface area contributed by atoms with Gasteiger partial charge < -0.3 is 10.6 Å². The SMILES string of the molecule is CCCC(C)N(C)CC1(N)CC1. The average Bonchev–Trinajstić information content (AvgIpc) is 2.68. The molecule has 1 atom stereocenters. The summed E-state index contributed by atoms with van der Waals surface area (Å²) >= 11 is 0. The Bertz CT molecular complexity index is 141. The van der Waals surface area contributed by atoms with Gasteiger partial charge in [-0.1, -0.05) is 13.3 Å². The fourth-order valence-corrected chi connectivity index (χ4v) is 1.61. The molecule has 1 unspecified atom stereocenters. The van der Waals surface area contributed by atoms with Crippen LogP contribution in [0.4, 0.5) is 0 Å². The summed E-state index contributed by atoms with van der Waals surface area (Å²) in [5.41, 5.74) is 6.22. The quantitative estimate of drug-likeness (QED) is 0.679. The molecule has 1 rings (SSSR count). The van der Waals surface area contributed by atoms with Gasteiger partial charge in [0.1, 0.15) is 0 Å². The molecule has 12 heavy (non-hydrogen) atoms. The molecular formula is C10H22N2. The zero-order valence-electron chi connectivity index (χ0n) is 8.64. The molecule has 1 aliphatic carbocycles. The third kappa shape index (κ3) is 2.76. The highest BCUT2D eigenvalue weighted by Crippen LogP contribution is 2.33. The summed E-state index contributed by atoms with van der Waals surface area (Å²) in [5.74, 6) is 0. The molecule has 2 heteroatoms. The van der Waals surface area contributed by atoms with Crippen LogP contribution in [-0.4, -0.2) is 30.1 Å². The minimum absolute atomic E-state index is 0.177. The van der Waals surface area contributed by atoms with Gasteiger partial charge in [-0.25, -0.2) is 0 Å². The van der Waals surface area contributed by atoms with Gasteiger partial charge >= 0.3 is 0 Å². The Hall–Kier alpha value is -0.0800. The molecule has 0 amide bonds. The molecule has 0 spiro atoms. The Kier molecular flexibility index (Phi) is 3.13. The lowest BCUT2D eigenvalue weighted by atomic mass is 10.1. The Morgan fingerprint density at radius 1 is 1.50 bits per heavy atom. The first kappa shape index (κ1) is 10.0. The first-order valence-corrected chi connectivity index (χ1v) is 5.06. The van der Waals surface area contributed by atoms with Crippen LogP contribution >= 0.6 is 0 Å². The number of rotatable bonds is 5. The molecule has 0 aromatic heterocycles. The maximum absolute atomic E-state index is 6.04. The van der Waals surface area contributed by atoms with Gasteiger partial charge in [0, 0.05) is 18.1 Å². The Balaban J connectivity index is 2.22. The molecular weight excluding hydrogens is 148 g/mol. The third-order valence-corrected chi connectivity index (χ3v) is 2.92. The van der Waals surface area contributed by atoms with Crippen LogP contribution in [0.1, 0.15) is 39.5 Å². The molecule has 1 aliphatic rings. The summed E-state index contributed by atoms with van der Waals surface area (Å²) in [5, 5.41) is 0. The van der Waals surface area contributed by atoms with Crippen LogP contribution in [0, 0.1) is 0 Å². The van der Waals surface area contributed by atoms with Gasteiger partial charge in [-0.15, -0.1) is 0 Å². The number of nitrogens with zero attached hydrogens (tertiary/aromatic N) is 1. The summed E-state index contributed by atoms with van der Waals surface area (Å²) < 4.78 is 0. The predicted molar refractivity (Wildman–Crippen MR) is 53.2 cm³/mol. The van der Waals surface area contributed by atoms with Crippen molar-refractivity contribution in [2.24, 2.45) is 5.73 Å². The molecule has 0 aliphatic heterocycles. The van der Waals surface area contributed by atoms with E-state index in [1.807, 2.05) is 0 Å². The highest BCUT2D eigenvalue weighted by atomic mass is 15.2. The van der Waals surface area contributed by atoms with E-state index in [0.29, 0.717) is 6.04 Å². The first-order chi connectivity index (χ1) is 5.57. The van der Waals surface area contributed by atoms with Crippen molar-refractivity contribution >= 4 is 0 Å². The minimum Gasteiger partial charge on any atom is -0.324 e. The summed E-state index contributed by atoms with van der Waals surface area (Å²) in [7, 11) is 2.19. The van der Waals surface area contributed by atoms with Gasteiger partial charge in [0.2, 0.25) is 0 Å². The molecule has 72 valence electrons. The van der Waals surface area contributed by atoms with Crippen molar-refractivity contribution in [1.82, 2.24) is 4.90 Å². The van der Waals surface area contributed by atoms with Crippen molar-refractivity contribution in [1.29, 1.82) is 0 Å². The zero-order chi connectivity index (χ0) is 9.19. The maximum atomic E-state index is 6.04. The number of nitrogens with two attached hydrogens (primary N) is 1. The van der Waals surface area contributed by atoms with E-state index >= 15 is 0 Å². The van der Waals surface area contributed by atoms with Crippen LogP contribution in [0.3, 0.4) is 0 Å². The van der Waals surface area contributed by atoms with E-state index < -0.39 is 0 Å². The molecule has 2 N–H and O–H groups in total. The van der Waals surface area contributed by atoms with Gasteiger partial charge in [0.15, 0.2) is 0 Å². The molecule has 0 aromatic carbocycles. The summed E-state index contributed by atoms with van der Waals surface area (Å²) in [6, 6.07) is 0.691. The zero-order valence-corrected chi connectivity index (χ0v) is 8.64. The molecule has 0 radical (unpaired) electrons. The minimum atomic E-state index is 0.177. The van der Waals surface area contributed by atoms with Crippen molar-refractivity contribution in [3.63, 3.8) is 0 Å². The second-order valence-electron chi connectivity index (χ2n) is 4.42. The predicted octanol–water partition coefficient (Wildman–Crippen LogP) is 1.60. The Morgan fingerprint density at radius 3 is 2.50 bits per heavy atom. The van der Waals surface area contributed by atoms with E-state index in [4.69, 9.17) is 5.73 Å². The molecule has 1 saturated carbocycles. The fourth-order valence-electron chi connectivity index (χ4n) is 1.61. The third-order valence-electron chi connectivity index (χ3n) is 2.92. The second-order valence-corrected chi connectivity index (χ2v) is 4.42. The summed E-state index contributed by atoms with van der Waals surface area (Å²) in [6.07, 6.45) is 4.99. The molecule has 0 heterocycles. The van der Waals surface area contributed by atoms with Crippen LogP contribution in [0.5, 0.6) is 0 Å². The smallest absolute Gasteiger partial charge is 0.0284 e. The van der Waals surface area contributed by atoms with Gasteiger partial charge in [-0.2, -0.15) is 0 Å². The largest absolute Gasteiger partial charge is 0.324 e. The highest BCUT2D eigenvalue weighted by molar-refractivity contribution is 5.01. The topological polar surface area (TPSA) is 29.3 Å². The van der Waals surface area contributed by atoms with Crippen molar-refractivity contribution < 1.29 is 0 Å². The van der Waals surface area contributed by atoms with Crippen molar-refractivity contribution in [3.05, 3.63) is 0 Å².